The van der Waals surface area contributed by atoms with Crippen LogP contribution < -0.4 is 9.47 Å². The third kappa shape index (κ3) is 3.90. The van der Waals surface area contributed by atoms with Gasteiger partial charge in [0.1, 0.15) is 0 Å². The summed E-state index contributed by atoms with van der Waals surface area (Å²) in [6.45, 7) is 0. The highest BCUT2D eigenvalue weighted by Crippen LogP contribution is 2.58. The Bertz CT molecular complexity index is 790. The zero-order valence-corrected chi connectivity index (χ0v) is 14.0. The molecule has 0 aromatic heterocycles. The van der Waals surface area contributed by atoms with Crippen LogP contribution in [0, 0.1) is 0 Å². The summed E-state index contributed by atoms with van der Waals surface area (Å²) >= 11 is 0. The van der Waals surface area contributed by atoms with Gasteiger partial charge in [0.25, 0.3) is 0 Å². The molecule has 0 saturated heterocycles. The van der Waals surface area contributed by atoms with Crippen molar-refractivity contribution in [3.8, 4) is 11.5 Å². The van der Waals surface area contributed by atoms with Gasteiger partial charge >= 0.3 is 42.2 Å². The molecule has 0 saturated carbocycles. The molecule has 1 rings (SSSR count). The highest BCUT2D eigenvalue weighted by atomic mass is 19.4. The highest BCUT2D eigenvalue weighted by Gasteiger charge is 2.88. The van der Waals surface area contributed by atoms with Gasteiger partial charge in [0.2, 0.25) is 0 Å². The molecule has 1 aromatic carbocycles. The maximum atomic E-state index is 13.7. The Labute approximate surface area is 158 Å². The first kappa shape index (κ1) is 25.5. The number of carboxylic acids is 1. The minimum Gasteiger partial charge on any atom is -0.493 e. The normalized spacial score (nSPS) is 15.0. The van der Waals surface area contributed by atoms with Crippen molar-refractivity contribution in [3.05, 3.63) is 23.8 Å². The van der Waals surface area contributed by atoms with Crippen LogP contribution in [-0.2, 0) is 0 Å². The van der Waals surface area contributed by atoms with Gasteiger partial charge in [-0.25, -0.2) is 4.79 Å². The van der Waals surface area contributed by atoms with Crippen molar-refractivity contribution in [2.45, 2.75) is 36.2 Å². The second-order valence-corrected chi connectivity index (χ2v) is 5.45. The molecule has 1 aromatic rings. The average Bonchev–Trinajstić information content (AvgIpc) is 2.60. The van der Waals surface area contributed by atoms with Crippen molar-refractivity contribution < 1.29 is 72.1 Å². The summed E-state index contributed by atoms with van der Waals surface area (Å²) in [4.78, 5) is 10.7. The lowest BCUT2D eigenvalue weighted by molar-refractivity contribution is -0.432. The number of carboxylic acid groups (broad SMARTS) is 1. The van der Waals surface area contributed by atoms with E-state index in [0.717, 1.165) is 7.11 Å². The Morgan fingerprint density at radius 2 is 1.37 bits per heavy atom. The van der Waals surface area contributed by atoms with E-state index in [1.807, 2.05) is 0 Å². The highest BCUT2D eigenvalue weighted by molar-refractivity contribution is 5.88. The van der Waals surface area contributed by atoms with Crippen LogP contribution in [0.2, 0.25) is 0 Å². The summed E-state index contributed by atoms with van der Waals surface area (Å²) < 4.78 is 163. The lowest BCUT2D eigenvalue weighted by Gasteiger charge is -2.37. The van der Waals surface area contributed by atoms with Crippen LogP contribution in [0.1, 0.15) is 10.4 Å². The molecule has 0 aliphatic carbocycles. The number of methoxy groups -OCH3 is 1. The average molecular weight is 468 g/mol. The molecule has 0 heterocycles. The zero-order chi connectivity index (χ0) is 23.9. The molecule has 4 nitrogen and oxygen atoms in total. The van der Waals surface area contributed by atoms with Gasteiger partial charge in [-0.05, 0) is 18.2 Å². The van der Waals surface area contributed by atoms with Crippen molar-refractivity contribution in [3.63, 3.8) is 0 Å². The van der Waals surface area contributed by atoms with E-state index in [1.54, 1.807) is 0 Å². The van der Waals surface area contributed by atoms with E-state index in [9.17, 15) is 57.5 Å². The van der Waals surface area contributed by atoms with Crippen LogP contribution in [0.25, 0.3) is 0 Å². The molecule has 0 aliphatic heterocycles. The molecular weight excluding hydrogens is 460 g/mol. The number of rotatable bonds is 8. The Balaban J connectivity index is 3.35. The van der Waals surface area contributed by atoms with E-state index in [4.69, 9.17) is 5.11 Å². The standard InChI is InChI=1S/C14H8F12O4/c1-29-7-4-5(8(27)28)2-3-6(7)30-9(15)10(16,17)11(18,19)12(20,21)13(22,23)14(24,25)26/h2-4,9H,1H3,(H,27,28). The maximum absolute atomic E-state index is 13.7. The van der Waals surface area contributed by atoms with Crippen molar-refractivity contribution in [1.82, 2.24) is 0 Å². The van der Waals surface area contributed by atoms with E-state index >= 15 is 0 Å². The number of hydrogen-bond acceptors (Lipinski definition) is 3. The lowest BCUT2D eigenvalue weighted by atomic mass is 9.98. The zero-order valence-electron chi connectivity index (χ0n) is 14.0. The molecule has 0 fully saturated rings. The molecule has 0 bridgehead atoms. The van der Waals surface area contributed by atoms with Gasteiger partial charge in [-0.15, -0.1) is 0 Å². The van der Waals surface area contributed by atoms with Gasteiger partial charge in [-0.2, -0.15) is 52.7 Å². The van der Waals surface area contributed by atoms with Crippen molar-refractivity contribution in [2.24, 2.45) is 0 Å². The molecule has 16 heteroatoms. The predicted octanol–water partition coefficient (Wildman–Crippen LogP) is 5.17. The van der Waals surface area contributed by atoms with Crippen LogP contribution >= 0.6 is 0 Å². The Kier molecular flexibility index (Phi) is 6.46. The van der Waals surface area contributed by atoms with E-state index in [2.05, 4.69) is 9.47 Å². The van der Waals surface area contributed by atoms with E-state index < -0.39 is 59.3 Å². The molecule has 30 heavy (non-hydrogen) atoms. The van der Waals surface area contributed by atoms with Crippen LogP contribution in [0.15, 0.2) is 18.2 Å². The quantitative estimate of drug-likeness (QED) is 0.535. The molecule has 1 unspecified atom stereocenters. The Hall–Kier alpha value is -2.55. The number of alkyl halides is 12. The Morgan fingerprint density at radius 1 is 0.867 bits per heavy atom. The van der Waals surface area contributed by atoms with Gasteiger partial charge < -0.3 is 14.6 Å². The molecule has 0 amide bonds. The first-order valence-corrected chi connectivity index (χ1v) is 7.05. The van der Waals surface area contributed by atoms with Gasteiger partial charge in [-0.1, -0.05) is 0 Å². The third-order valence-electron chi connectivity index (χ3n) is 3.49. The van der Waals surface area contributed by atoms with Crippen LogP contribution in [0.3, 0.4) is 0 Å². The summed E-state index contributed by atoms with van der Waals surface area (Å²) in [6.07, 6.45) is -12.3. The first-order valence-electron chi connectivity index (χ1n) is 7.05. The SMILES string of the molecule is COc1cc(C(=O)O)ccc1OC(F)C(F)(F)C(F)(F)C(F)(F)C(F)(F)C(F)(F)F. The number of hydrogen-bond donors (Lipinski definition) is 1. The van der Waals surface area contributed by atoms with Gasteiger partial charge in [0.15, 0.2) is 11.5 Å². The smallest absolute Gasteiger partial charge is 0.460 e. The summed E-state index contributed by atoms with van der Waals surface area (Å²) in [7, 11) is 0.728. The number of halogens is 12. The molecule has 0 spiro atoms. The van der Waals surface area contributed by atoms with Crippen LogP contribution in [0.5, 0.6) is 11.5 Å². The monoisotopic (exact) mass is 468 g/mol. The predicted molar refractivity (Wildman–Crippen MR) is 71.3 cm³/mol. The number of ether oxygens (including phenoxy) is 2. The summed E-state index contributed by atoms with van der Waals surface area (Å²) in [5, 5.41) is 8.71. The summed E-state index contributed by atoms with van der Waals surface area (Å²) in [6, 6.07) is 1.38. The summed E-state index contributed by atoms with van der Waals surface area (Å²) in [5.74, 6) is -33.8. The van der Waals surface area contributed by atoms with Gasteiger partial charge in [-0.3, -0.25) is 0 Å². The second-order valence-electron chi connectivity index (χ2n) is 5.45. The number of benzene rings is 1. The first-order chi connectivity index (χ1) is 13.3. The van der Waals surface area contributed by atoms with Crippen molar-refractivity contribution in [2.75, 3.05) is 7.11 Å². The topological polar surface area (TPSA) is 55.8 Å². The third-order valence-corrected chi connectivity index (χ3v) is 3.49. The maximum Gasteiger partial charge on any atom is 0.460 e. The Morgan fingerprint density at radius 3 is 1.77 bits per heavy atom. The van der Waals surface area contributed by atoms with Crippen LogP contribution in [0.4, 0.5) is 52.7 Å². The minimum absolute atomic E-state index is 0.353. The molecule has 0 aliphatic rings. The minimum atomic E-state index is -7.80. The van der Waals surface area contributed by atoms with Gasteiger partial charge in [0, 0.05) is 0 Å². The van der Waals surface area contributed by atoms with Crippen molar-refractivity contribution in [1.29, 1.82) is 0 Å². The van der Waals surface area contributed by atoms with Crippen LogP contribution in [-0.4, -0.2) is 54.4 Å². The van der Waals surface area contributed by atoms with Crippen molar-refractivity contribution >= 4 is 5.97 Å². The molecule has 1 atom stereocenters. The van der Waals surface area contributed by atoms with E-state index in [0.29, 0.717) is 18.2 Å². The van der Waals surface area contributed by atoms with Gasteiger partial charge in [0.05, 0.1) is 12.7 Å². The fraction of sp³-hybridized carbons (Fsp3) is 0.500. The second kappa shape index (κ2) is 7.61. The number of carbonyl (C=O) groups is 1. The molecule has 0 radical (unpaired) electrons. The fourth-order valence-electron chi connectivity index (χ4n) is 1.81. The van der Waals surface area contributed by atoms with E-state index in [1.165, 1.54) is 0 Å². The lowest BCUT2D eigenvalue weighted by Crippen LogP contribution is -2.68. The molecular formula is C14H8F12O4. The molecule has 1 N–H and O–H groups in total. The number of aromatic carboxylic acids is 1. The molecule has 172 valence electrons. The summed E-state index contributed by atoms with van der Waals surface area (Å²) in [5.41, 5.74) is -0.622. The fourth-order valence-corrected chi connectivity index (χ4v) is 1.81. The van der Waals surface area contributed by atoms with E-state index in [-0.39, 0.29) is 0 Å². The largest absolute Gasteiger partial charge is 0.493 e.